The quantitative estimate of drug-likeness (QED) is 0.878. The first-order valence-electron chi connectivity index (χ1n) is 7.48. The van der Waals surface area contributed by atoms with Gasteiger partial charge in [0, 0.05) is 17.3 Å². The zero-order valence-electron chi connectivity index (χ0n) is 12.5. The molecule has 20 heavy (non-hydrogen) atoms. The Balaban J connectivity index is 1.97. The van der Waals surface area contributed by atoms with Gasteiger partial charge in [-0.1, -0.05) is 31.4 Å². The van der Waals surface area contributed by atoms with Crippen LogP contribution in [-0.4, -0.2) is 17.5 Å². The van der Waals surface area contributed by atoms with Crippen molar-refractivity contribution in [2.24, 2.45) is 0 Å². The maximum Gasteiger partial charge on any atom is 0.0991 e. The molecule has 0 heterocycles. The molecule has 0 aromatic heterocycles. The summed E-state index contributed by atoms with van der Waals surface area (Å²) in [6.07, 6.45) is 9.01. The van der Waals surface area contributed by atoms with Crippen LogP contribution in [0.2, 0.25) is 0 Å². The summed E-state index contributed by atoms with van der Waals surface area (Å²) in [4.78, 5) is 0. The van der Waals surface area contributed by atoms with E-state index in [1.54, 1.807) is 0 Å². The molecular formula is C17H24N2S. The molecule has 0 radical (unpaired) electrons. The maximum atomic E-state index is 8.98. The van der Waals surface area contributed by atoms with Crippen LogP contribution in [0, 0.1) is 11.3 Å². The van der Waals surface area contributed by atoms with E-state index >= 15 is 0 Å². The second kappa shape index (κ2) is 7.15. The summed E-state index contributed by atoms with van der Waals surface area (Å²) in [5.74, 6) is 0. The van der Waals surface area contributed by atoms with E-state index in [4.69, 9.17) is 5.26 Å². The molecule has 2 rings (SSSR count). The third-order valence-electron chi connectivity index (χ3n) is 4.44. The normalized spacial score (nSPS) is 19.2. The summed E-state index contributed by atoms with van der Waals surface area (Å²) in [6.45, 7) is 3.25. The molecule has 1 saturated carbocycles. The first kappa shape index (κ1) is 15.4. The summed E-state index contributed by atoms with van der Waals surface area (Å²) in [5, 5.41) is 12.7. The number of rotatable bonds is 5. The third-order valence-corrected chi connectivity index (χ3v) is 5.86. The van der Waals surface area contributed by atoms with Gasteiger partial charge in [0.15, 0.2) is 0 Å². The third kappa shape index (κ3) is 3.77. The Morgan fingerprint density at radius 2 is 2.10 bits per heavy atom. The summed E-state index contributed by atoms with van der Waals surface area (Å²) in [7, 11) is 0. The lowest BCUT2D eigenvalue weighted by Crippen LogP contribution is -2.40. The lowest BCUT2D eigenvalue weighted by atomic mass is 9.88. The van der Waals surface area contributed by atoms with E-state index in [0.29, 0.717) is 10.8 Å². The Hall–Kier alpha value is -0.980. The molecule has 2 nitrogen and oxygen atoms in total. The van der Waals surface area contributed by atoms with Crippen LogP contribution in [0.4, 0.5) is 0 Å². The zero-order valence-corrected chi connectivity index (χ0v) is 13.3. The van der Waals surface area contributed by atoms with Crippen molar-refractivity contribution >= 4 is 11.8 Å². The molecule has 0 bridgehead atoms. The molecule has 1 atom stereocenters. The molecule has 1 aliphatic rings. The summed E-state index contributed by atoms with van der Waals surface area (Å²) in [6, 6.07) is 10.4. The largest absolute Gasteiger partial charge is 0.309 e. The van der Waals surface area contributed by atoms with Gasteiger partial charge in [0.1, 0.15) is 0 Å². The van der Waals surface area contributed by atoms with Gasteiger partial charge in [-0.05, 0) is 43.7 Å². The predicted molar refractivity (Wildman–Crippen MR) is 86.9 cm³/mol. The van der Waals surface area contributed by atoms with E-state index in [2.05, 4.69) is 30.6 Å². The Labute approximate surface area is 127 Å². The molecule has 0 spiro atoms. The molecule has 0 aliphatic heterocycles. The smallest absolute Gasteiger partial charge is 0.0991 e. The molecule has 1 unspecified atom stereocenters. The van der Waals surface area contributed by atoms with Gasteiger partial charge in [-0.2, -0.15) is 17.0 Å². The molecule has 3 heteroatoms. The number of nitrogens with one attached hydrogen (secondary N) is 1. The predicted octanol–water partition coefficient (Wildman–Crippen LogP) is 4.27. The molecule has 108 valence electrons. The van der Waals surface area contributed by atoms with E-state index < -0.39 is 0 Å². The Morgan fingerprint density at radius 1 is 1.35 bits per heavy atom. The van der Waals surface area contributed by atoms with Crippen molar-refractivity contribution in [3.63, 3.8) is 0 Å². The average Bonchev–Trinajstić information content (AvgIpc) is 2.53. The van der Waals surface area contributed by atoms with E-state index in [-0.39, 0.29) is 0 Å². The molecule has 1 fully saturated rings. The lowest BCUT2D eigenvalue weighted by Gasteiger charge is -2.37. The summed E-state index contributed by atoms with van der Waals surface area (Å²) < 4.78 is 0.416. The minimum Gasteiger partial charge on any atom is -0.309 e. The fourth-order valence-electron chi connectivity index (χ4n) is 2.98. The van der Waals surface area contributed by atoms with Gasteiger partial charge in [0.05, 0.1) is 11.6 Å². The van der Waals surface area contributed by atoms with Crippen molar-refractivity contribution in [2.75, 3.05) is 12.8 Å². The van der Waals surface area contributed by atoms with Crippen LogP contribution in [0.25, 0.3) is 0 Å². The van der Waals surface area contributed by atoms with Gasteiger partial charge in [0.25, 0.3) is 0 Å². The molecule has 1 N–H and O–H groups in total. The van der Waals surface area contributed by atoms with Crippen molar-refractivity contribution in [2.45, 2.75) is 49.8 Å². The van der Waals surface area contributed by atoms with E-state index in [9.17, 15) is 0 Å². The van der Waals surface area contributed by atoms with Crippen molar-refractivity contribution in [3.05, 3.63) is 35.4 Å². The fourth-order valence-corrected chi connectivity index (χ4v) is 3.91. The average molecular weight is 288 g/mol. The molecule has 0 saturated heterocycles. The second-order valence-electron chi connectivity index (χ2n) is 5.79. The number of hydrogen-bond acceptors (Lipinski definition) is 3. The minimum atomic E-state index is 0.300. The van der Waals surface area contributed by atoms with Gasteiger partial charge < -0.3 is 5.32 Å². The number of hydrogen-bond donors (Lipinski definition) is 1. The first-order valence-corrected chi connectivity index (χ1v) is 8.70. The number of nitriles is 1. The summed E-state index contributed by atoms with van der Waals surface area (Å²) >= 11 is 2.02. The Morgan fingerprint density at radius 3 is 2.75 bits per heavy atom. The van der Waals surface area contributed by atoms with Crippen LogP contribution >= 0.6 is 11.8 Å². The molecule has 1 aromatic carbocycles. The standard InChI is InChI=1S/C17H24N2S/c1-14(16-8-6-7-15(11-16)12-18)19-13-17(20-2)9-4-3-5-10-17/h6-8,11,14,19H,3-5,9-10,13H2,1-2H3. The SMILES string of the molecule is CSC1(CNC(C)c2cccc(C#N)c2)CCCCC1. The Kier molecular flexibility index (Phi) is 5.51. The van der Waals surface area contributed by atoms with Gasteiger partial charge >= 0.3 is 0 Å². The van der Waals surface area contributed by atoms with Crippen LogP contribution in [-0.2, 0) is 0 Å². The molecule has 1 aliphatic carbocycles. The van der Waals surface area contributed by atoms with E-state index in [1.165, 1.54) is 37.7 Å². The van der Waals surface area contributed by atoms with Crippen LogP contribution in [0.5, 0.6) is 0 Å². The van der Waals surface area contributed by atoms with Crippen molar-refractivity contribution in [1.29, 1.82) is 5.26 Å². The highest BCUT2D eigenvalue weighted by Gasteiger charge is 2.31. The minimum absolute atomic E-state index is 0.300. The van der Waals surface area contributed by atoms with E-state index in [0.717, 1.165) is 12.1 Å². The first-order chi connectivity index (χ1) is 9.69. The Bertz CT molecular complexity index is 472. The van der Waals surface area contributed by atoms with Crippen molar-refractivity contribution < 1.29 is 0 Å². The highest BCUT2D eigenvalue weighted by molar-refractivity contribution is 8.00. The van der Waals surface area contributed by atoms with Crippen LogP contribution in [0.3, 0.4) is 0 Å². The van der Waals surface area contributed by atoms with Crippen LogP contribution in [0.1, 0.15) is 56.2 Å². The topological polar surface area (TPSA) is 35.8 Å². The van der Waals surface area contributed by atoms with Gasteiger partial charge in [-0.3, -0.25) is 0 Å². The molecule has 1 aromatic rings. The zero-order chi connectivity index (χ0) is 14.4. The number of thioether (sulfide) groups is 1. The molecule has 0 amide bonds. The highest BCUT2D eigenvalue weighted by atomic mass is 32.2. The van der Waals surface area contributed by atoms with Gasteiger partial charge in [-0.25, -0.2) is 0 Å². The monoisotopic (exact) mass is 288 g/mol. The van der Waals surface area contributed by atoms with Crippen molar-refractivity contribution in [1.82, 2.24) is 5.32 Å². The fraction of sp³-hybridized carbons (Fsp3) is 0.588. The number of benzene rings is 1. The molecular weight excluding hydrogens is 264 g/mol. The van der Waals surface area contributed by atoms with Crippen LogP contribution < -0.4 is 5.32 Å². The van der Waals surface area contributed by atoms with Gasteiger partial charge in [-0.15, -0.1) is 0 Å². The maximum absolute atomic E-state index is 8.98. The number of nitrogens with zero attached hydrogens (tertiary/aromatic N) is 1. The van der Waals surface area contributed by atoms with Crippen LogP contribution in [0.15, 0.2) is 24.3 Å². The summed E-state index contributed by atoms with van der Waals surface area (Å²) in [5.41, 5.74) is 1.95. The van der Waals surface area contributed by atoms with Gasteiger partial charge in [0.2, 0.25) is 0 Å². The highest BCUT2D eigenvalue weighted by Crippen LogP contribution is 2.38. The van der Waals surface area contributed by atoms with E-state index in [1.807, 2.05) is 30.0 Å². The van der Waals surface area contributed by atoms with Crippen molar-refractivity contribution in [3.8, 4) is 6.07 Å². The second-order valence-corrected chi connectivity index (χ2v) is 7.06. The lowest BCUT2D eigenvalue weighted by molar-refractivity contribution is 0.367.